The van der Waals surface area contributed by atoms with Crippen molar-refractivity contribution in [3.05, 3.63) is 0 Å². The summed E-state index contributed by atoms with van der Waals surface area (Å²) in [6.07, 6.45) is -75.3. The van der Waals surface area contributed by atoms with Gasteiger partial charge in [0.05, 0.1) is 51.8 Å². The largest absolute Gasteiger partial charge is 0.394 e. The maximum atomic E-state index is 13.3. The number of hydrogen-bond donors (Lipinski definition) is 24. The van der Waals surface area contributed by atoms with Crippen LogP contribution in [0.15, 0.2) is 0 Å². The lowest BCUT2D eigenvalue weighted by molar-refractivity contribution is -0.400. The second kappa shape index (κ2) is 32.6. The molecule has 93 heavy (non-hydrogen) atoms. The Bertz CT molecular complexity index is 2350. The second-order valence-corrected chi connectivity index (χ2v) is 23.8. The first-order valence-electron chi connectivity index (χ1n) is 29.9. The van der Waals surface area contributed by atoms with Gasteiger partial charge in [0.25, 0.3) is 0 Å². The van der Waals surface area contributed by atoms with Gasteiger partial charge in [-0.3, -0.25) is 9.59 Å². The van der Waals surface area contributed by atoms with E-state index < -0.39 is 297 Å². The lowest BCUT2D eigenvalue weighted by Crippen LogP contribution is -2.72. The lowest BCUT2D eigenvalue weighted by Gasteiger charge is -2.52. The van der Waals surface area contributed by atoms with Gasteiger partial charge in [0.15, 0.2) is 50.3 Å². The fourth-order valence-electron chi connectivity index (χ4n) is 12.2. The van der Waals surface area contributed by atoms with Crippen molar-refractivity contribution in [3.8, 4) is 0 Å². The summed E-state index contributed by atoms with van der Waals surface area (Å²) in [5.74, 6) is -1.90. The van der Waals surface area contributed by atoms with Crippen molar-refractivity contribution in [2.24, 2.45) is 0 Å². The molecule has 40 atom stereocenters. The van der Waals surface area contributed by atoms with Gasteiger partial charge in [-0.1, -0.05) is 0 Å². The number of aliphatic hydroxyl groups is 22. The molecule has 1 unspecified atom stereocenters. The molecule has 0 aliphatic carbocycles. The number of carbonyl (C=O) groups is 2. The molecule has 8 fully saturated rings. The molecular weight excluding hydrogens is 1280 g/mol. The summed E-state index contributed by atoms with van der Waals surface area (Å²) in [5.41, 5.74) is 0. The zero-order valence-electron chi connectivity index (χ0n) is 50.1. The van der Waals surface area contributed by atoms with E-state index in [1.54, 1.807) is 0 Å². The van der Waals surface area contributed by atoms with Crippen LogP contribution in [0, 0.1) is 0 Å². The third-order valence-corrected chi connectivity index (χ3v) is 17.4. The lowest BCUT2D eigenvalue weighted by atomic mass is 9.93. The standard InChI is InChI=1S/C52H88N2O39/c1-11-23(63)28(68)33(73)48(79-11)90-41-21(53-13(3)61)46(85-19(9-59)39(41)88-50-35(75)30(70)25(65)15(5-55)82-50)93-44-27(67)17(7-57)84-52(37(44)77)89-40-20(10-60)86-47(22(54-14(4)62)42(40)91-49-34(74)29(69)24(64)12(2)80-49)92-43-26(66)16(6-56)83-51(36(43)76)87-38-18(8-58)81-45(78)32(72)31(38)71/h11-12,15-52,55-60,63-78H,5-10H2,1-4H3,(H,53,61)(H,54,62)/t11-,12-,15+,16+,17+,18+,19+,20+,21+,22+,23+,24+,25-,26-,27-,28+,29+,30-,31+,32+,33-,34-,35+,36+,37+,38+,39+,40+,41+,42+,43-,44-,45?,46-,47-,48-,49-,50-,51-,52-/m0/s1. The van der Waals surface area contributed by atoms with Gasteiger partial charge in [-0.05, 0) is 13.8 Å². The first-order chi connectivity index (χ1) is 43.9. The molecule has 0 bridgehead atoms. The average Bonchev–Trinajstić information content (AvgIpc) is 0.774. The van der Waals surface area contributed by atoms with E-state index in [0.29, 0.717) is 0 Å². The summed E-state index contributed by atoms with van der Waals surface area (Å²) < 4.78 is 88.9. The molecule has 0 aromatic rings. The smallest absolute Gasteiger partial charge is 0.217 e. The zero-order valence-corrected chi connectivity index (χ0v) is 50.1. The first kappa shape index (κ1) is 76.2. The van der Waals surface area contributed by atoms with Crippen LogP contribution in [0.1, 0.15) is 27.7 Å². The Morgan fingerprint density at radius 3 is 0.914 bits per heavy atom. The Morgan fingerprint density at radius 2 is 0.559 bits per heavy atom. The topological polar surface area (TPSA) is 642 Å². The normalized spacial score (nSPS) is 51.6. The Hall–Kier alpha value is -2.54. The number of nitrogens with one attached hydrogen (secondary N) is 2. The molecular formula is C52H88N2O39. The van der Waals surface area contributed by atoms with Crippen LogP contribution in [0.3, 0.4) is 0 Å². The highest BCUT2D eigenvalue weighted by Crippen LogP contribution is 2.40. The molecule has 0 radical (unpaired) electrons. The van der Waals surface area contributed by atoms with Crippen LogP contribution in [0.4, 0.5) is 0 Å². The van der Waals surface area contributed by atoms with E-state index in [4.69, 9.17) is 71.1 Å². The Balaban J connectivity index is 1.14. The van der Waals surface area contributed by atoms with Crippen molar-refractivity contribution in [2.75, 3.05) is 39.6 Å². The van der Waals surface area contributed by atoms with E-state index in [9.17, 15) is 122 Å². The third kappa shape index (κ3) is 16.2. The SMILES string of the molecule is CC(=O)N[C@H]1[C@H](O[C@H]2[C@@H](O)[C@@H](CO)O[C@@H](O[C@H]3[C@H](O[C@@H]4O[C@@H](C)[C@@H](O)[C@@H](O)[C@@H]4O)[C@@H](NC(C)=O)[C@H](O[C@H]4[C@@H](O)[C@@H](CO)O[C@@H](O[C@H]5[C@H](O)[C@@H](O)C(O)O[C@@H]5CO)[C@@H]4O)O[C@@H]3CO)[C@@H]2O)O[C@H](CO)[C@@H](O[C@@H]2O[C@H](CO)[C@H](O)[C@H](O)[C@H]2O)[C@@H]1O[C@@H]1O[C@@H](C)[C@@H](O)[C@@H](O)[C@@H]1O. The zero-order chi connectivity index (χ0) is 68.5. The number of carbonyl (C=O) groups excluding carboxylic acids is 2. The Morgan fingerprint density at radius 1 is 0.280 bits per heavy atom. The highest BCUT2D eigenvalue weighted by Gasteiger charge is 2.61. The van der Waals surface area contributed by atoms with Crippen molar-refractivity contribution in [1.29, 1.82) is 0 Å². The van der Waals surface area contributed by atoms with E-state index in [1.165, 1.54) is 13.8 Å². The number of aliphatic hydroxyl groups excluding tert-OH is 22. The van der Waals surface area contributed by atoms with Gasteiger partial charge < -0.3 is 194 Å². The van der Waals surface area contributed by atoms with Crippen LogP contribution >= 0.6 is 0 Å². The van der Waals surface area contributed by atoms with Crippen molar-refractivity contribution >= 4 is 11.8 Å². The van der Waals surface area contributed by atoms with E-state index in [-0.39, 0.29) is 0 Å². The molecule has 2 amide bonds. The molecule has 8 aliphatic rings. The number of amides is 2. The number of ether oxygens (including phenoxy) is 15. The van der Waals surface area contributed by atoms with Gasteiger partial charge >= 0.3 is 0 Å². The maximum absolute atomic E-state index is 13.3. The van der Waals surface area contributed by atoms with Gasteiger partial charge in [0, 0.05) is 13.8 Å². The summed E-state index contributed by atoms with van der Waals surface area (Å²) in [6.45, 7) is -2.04. The Labute approximate surface area is 527 Å². The molecule has 0 aromatic carbocycles. The van der Waals surface area contributed by atoms with Crippen LogP contribution in [-0.2, 0) is 80.6 Å². The third-order valence-electron chi connectivity index (χ3n) is 17.4. The van der Waals surface area contributed by atoms with Gasteiger partial charge in [-0.15, -0.1) is 0 Å². The predicted molar refractivity (Wildman–Crippen MR) is 285 cm³/mol. The minimum atomic E-state index is -2.43. The summed E-state index contributed by atoms with van der Waals surface area (Å²) in [5, 5.41) is 245. The molecule has 540 valence electrons. The Kier molecular flexibility index (Phi) is 26.7. The summed E-state index contributed by atoms with van der Waals surface area (Å²) in [4.78, 5) is 26.6. The fraction of sp³-hybridized carbons (Fsp3) is 0.962. The van der Waals surface area contributed by atoms with E-state index in [1.807, 2.05) is 0 Å². The molecule has 8 aliphatic heterocycles. The van der Waals surface area contributed by atoms with Crippen molar-refractivity contribution in [3.63, 3.8) is 0 Å². The van der Waals surface area contributed by atoms with Gasteiger partial charge in [-0.25, -0.2) is 0 Å². The number of hydrogen-bond acceptors (Lipinski definition) is 39. The van der Waals surface area contributed by atoms with E-state index >= 15 is 0 Å². The van der Waals surface area contributed by atoms with E-state index in [2.05, 4.69) is 10.6 Å². The maximum Gasteiger partial charge on any atom is 0.217 e. The van der Waals surface area contributed by atoms with Gasteiger partial charge in [-0.2, -0.15) is 0 Å². The summed E-state index contributed by atoms with van der Waals surface area (Å²) >= 11 is 0. The van der Waals surface area contributed by atoms with E-state index in [0.717, 1.165) is 13.8 Å². The minimum absolute atomic E-state index is 0.941. The highest BCUT2D eigenvalue weighted by atomic mass is 16.8. The summed E-state index contributed by atoms with van der Waals surface area (Å²) in [7, 11) is 0. The summed E-state index contributed by atoms with van der Waals surface area (Å²) in [6, 6.07) is -3.88. The molecule has 0 aromatic heterocycles. The van der Waals surface area contributed by atoms with Crippen LogP contribution in [-0.4, -0.2) is 409 Å². The highest BCUT2D eigenvalue weighted by molar-refractivity contribution is 5.73. The molecule has 41 nitrogen and oxygen atoms in total. The van der Waals surface area contributed by atoms with Crippen LogP contribution in [0.25, 0.3) is 0 Å². The van der Waals surface area contributed by atoms with Crippen LogP contribution in [0.2, 0.25) is 0 Å². The van der Waals surface area contributed by atoms with Crippen molar-refractivity contribution < 1.29 is 193 Å². The molecule has 0 saturated carbocycles. The van der Waals surface area contributed by atoms with Gasteiger partial charge in [0.1, 0.15) is 183 Å². The van der Waals surface area contributed by atoms with Crippen LogP contribution in [0.5, 0.6) is 0 Å². The number of rotatable bonds is 22. The molecule has 8 saturated heterocycles. The van der Waals surface area contributed by atoms with Gasteiger partial charge in [0.2, 0.25) is 11.8 Å². The van der Waals surface area contributed by atoms with Crippen molar-refractivity contribution in [2.45, 2.75) is 273 Å². The molecule has 24 N–H and O–H groups in total. The molecule has 8 rings (SSSR count). The predicted octanol–water partition coefficient (Wildman–Crippen LogP) is -16.1. The monoisotopic (exact) mass is 1360 g/mol. The molecule has 41 heteroatoms. The first-order valence-corrected chi connectivity index (χ1v) is 29.9. The molecule has 8 heterocycles. The fourth-order valence-corrected chi connectivity index (χ4v) is 12.2. The second-order valence-electron chi connectivity index (χ2n) is 23.8. The molecule has 0 spiro atoms. The minimum Gasteiger partial charge on any atom is -0.394 e. The van der Waals surface area contributed by atoms with Crippen LogP contribution < -0.4 is 10.6 Å². The quantitative estimate of drug-likeness (QED) is 0.0479. The average molecular weight is 1370 g/mol. The van der Waals surface area contributed by atoms with Crippen molar-refractivity contribution in [1.82, 2.24) is 10.6 Å².